The number of aromatic nitrogens is 1. The van der Waals surface area contributed by atoms with E-state index in [-0.39, 0.29) is 40.1 Å². The van der Waals surface area contributed by atoms with E-state index in [1.165, 1.54) is 26.6 Å². The second-order valence-electron chi connectivity index (χ2n) is 14.7. The maximum Gasteiger partial charge on any atom is 0.414 e. The third kappa shape index (κ3) is 9.00. The van der Waals surface area contributed by atoms with Gasteiger partial charge < -0.3 is 24.2 Å². The zero-order chi connectivity index (χ0) is 37.9. The summed E-state index contributed by atoms with van der Waals surface area (Å²) in [5.74, 6) is 0.688. The number of fused-ring (bicyclic) bond motifs is 3. The zero-order valence-electron chi connectivity index (χ0n) is 30.6. The van der Waals surface area contributed by atoms with Crippen LogP contribution in [0.25, 0.3) is 0 Å². The van der Waals surface area contributed by atoms with Crippen molar-refractivity contribution in [2.24, 2.45) is 5.92 Å². The summed E-state index contributed by atoms with van der Waals surface area (Å²) >= 11 is 12.9. The maximum atomic E-state index is 14.1. The number of anilines is 1. The van der Waals surface area contributed by atoms with Crippen molar-refractivity contribution in [1.82, 2.24) is 4.90 Å². The van der Waals surface area contributed by atoms with E-state index in [0.717, 1.165) is 38.0 Å². The second-order valence-corrected chi connectivity index (χ2v) is 15.5. The molecule has 0 radical (unpaired) electrons. The van der Waals surface area contributed by atoms with Crippen LogP contribution >= 0.6 is 23.2 Å². The minimum Gasteiger partial charge on any atom is -0.619 e. The highest BCUT2D eigenvalue weighted by molar-refractivity contribution is 6.35. The van der Waals surface area contributed by atoms with Crippen molar-refractivity contribution in [2.75, 3.05) is 38.8 Å². The monoisotopic (exact) mass is 761 g/mol. The van der Waals surface area contributed by atoms with Gasteiger partial charge in [-0.15, -0.1) is 0 Å². The molecule has 0 aliphatic carbocycles. The fourth-order valence-electron chi connectivity index (χ4n) is 7.01. The topological polar surface area (TPSA) is 104 Å². The van der Waals surface area contributed by atoms with Crippen LogP contribution in [0.1, 0.15) is 72.3 Å². The number of hydrogen-bond acceptors (Lipinski definition) is 8. The molecule has 3 aliphatic rings. The van der Waals surface area contributed by atoms with E-state index >= 15 is 0 Å². The van der Waals surface area contributed by atoms with E-state index < -0.39 is 18.2 Å². The minimum absolute atomic E-state index is 0.0722. The number of nitrogens with zero attached hydrogens (tertiary/aromatic N) is 3. The molecule has 0 N–H and O–H groups in total. The van der Waals surface area contributed by atoms with Gasteiger partial charge in [0.05, 0.1) is 26.3 Å². The van der Waals surface area contributed by atoms with Crippen molar-refractivity contribution in [3.63, 3.8) is 0 Å². The van der Waals surface area contributed by atoms with E-state index in [4.69, 9.17) is 42.1 Å². The number of carbonyl (C=O) groups is 2. The van der Waals surface area contributed by atoms with E-state index in [2.05, 4.69) is 31.7 Å². The van der Waals surface area contributed by atoms with Crippen molar-refractivity contribution in [3.8, 4) is 11.5 Å². The van der Waals surface area contributed by atoms with Gasteiger partial charge in [0.2, 0.25) is 0 Å². The third-order valence-electron chi connectivity index (χ3n) is 10.1. The standard InChI is InChI=1S/C41H45Cl2N3O7/c1-41(2,3)30-10-7-11-31(20-30)46(40(48)53-38-25-44-16-14-27(38)15-17-44)22-26-8-6-9-29(18-26)39(47)52-36(21-32-33(42)23-45(49)24-34(32)43)28-12-13-35(50-4)37(19-28)51-5/h6-13,18-20,23-24,27,36,38H,14-17,21-22,25H2,1-5H3/t36?,38-/m0/s1. The van der Waals surface area contributed by atoms with Crippen LogP contribution in [0.3, 0.4) is 0 Å². The van der Waals surface area contributed by atoms with E-state index in [9.17, 15) is 14.8 Å². The minimum atomic E-state index is -0.878. The number of methoxy groups -OCH3 is 2. The van der Waals surface area contributed by atoms with Gasteiger partial charge in [0.15, 0.2) is 23.9 Å². The fraction of sp³-hybridized carbons (Fsp3) is 0.390. The van der Waals surface area contributed by atoms with Gasteiger partial charge in [-0.05, 0) is 90.4 Å². The predicted octanol–water partition coefficient (Wildman–Crippen LogP) is 8.32. The number of hydrogen-bond donors (Lipinski definition) is 0. The summed E-state index contributed by atoms with van der Waals surface area (Å²) in [6, 6.07) is 20.2. The lowest BCUT2D eigenvalue weighted by atomic mass is 9.86. The van der Waals surface area contributed by atoms with E-state index in [0.29, 0.717) is 44.5 Å². The van der Waals surface area contributed by atoms with Crippen LogP contribution in [-0.2, 0) is 27.9 Å². The first kappa shape index (κ1) is 38.2. The Morgan fingerprint density at radius 3 is 2.28 bits per heavy atom. The first-order valence-electron chi connectivity index (χ1n) is 17.7. The van der Waals surface area contributed by atoms with Crippen molar-refractivity contribution >= 4 is 41.0 Å². The number of ether oxygens (including phenoxy) is 4. The molecule has 1 aromatic heterocycles. The highest BCUT2D eigenvalue weighted by atomic mass is 35.5. The van der Waals surface area contributed by atoms with Crippen LogP contribution in [0.15, 0.2) is 79.1 Å². The summed E-state index contributed by atoms with van der Waals surface area (Å²) < 4.78 is 23.8. The highest BCUT2D eigenvalue weighted by Gasteiger charge is 2.37. The third-order valence-corrected chi connectivity index (χ3v) is 10.7. The van der Waals surface area contributed by atoms with Gasteiger partial charge in [0, 0.05) is 24.2 Å². The summed E-state index contributed by atoms with van der Waals surface area (Å²) in [5, 5.41) is 12.2. The molecule has 4 aromatic rings. The second kappa shape index (κ2) is 16.2. The van der Waals surface area contributed by atoms with Crippen LogP contribution in [0.5, 0.6) is 11.5 Å². The number of pyridine rings is 1. The highest BCUT2D eigenvalue weighted by Crippen LogP contribution is 2.36. The van der Waals surface area contributed by atoms with Gasteiger partial charge in [-0.3, -0.25) is 9.80 Å². The Bertz CT molecular complexity index is 1940. The molecular weight excluding hydrogens is 717 g/mol. The van der Waals surface area contributed by atoms with Crippen molar-refractivity contribution in [3.05, 3.63) is 122 Å². The molecule has 280 valence electrons. The Kier molecular flexibility index (Phi) is 11.7. The van der Waals surface area contributed by atoms with Crippen LogP contribution in [-0.4, -0.2) is 56.9 Å². The van der Waals surface area contributed by atoms with Crippen LogP contribution < -0.4 is 19.1 Å². The molecule has 3 fully saturated rings. The molecule has 53 heavy (non-hydrogen) atoms. The summed E-state index contributed by atoms with van der Waals surface area (Å²) in [7, 11) is 3.05. The zero-order valence-corrected chi connectivity index (χ0v) is 32.2. The molecule has 4 heterocycles. The first-order chi connectivity index (χ1) is 25.3. The van der Waals surface area contributed by atoms with Crippen LogP contribution in [0.4, 0.5) is 10.5 Å². The van der Waals surface area contributed by atoms with Crippen LogP contribution in [0.2, 0.25) is 10.0 Å². The Morgan fingerprint density at radius 2 is 1.64 bits per heavy atom. The molecule has 10 nitrogen and oxygen atoms in total. The van der Waals surface area contributed by atoms with Crippen molar-refractivity contribution in [2.45, 2.75) is 64.2 Å². The van der Waals surface area contributed by atoms with Crippen LogP contribution in [0, 0.1) is 11.1 Å². The molecule has 1 amide bonds. The van der Waals surface area contributed by atoms with Gasteiger partial charge in [-0.2, -0.15) is 4.73 Å². The van der Waals surface area contributed by atoms with Gasteiger partial charge in [-0.25, -0.2) is 9.59 Å². The molecule has 12 heteroatoms. The quantitative estimate of drug-likeness (QED) is 0.0854. The van der Waals surface area contributed by atoms with Gasteiger partial charge in [0.1, 0.15) is 22.3 Å². The average molecular weight is 763 g/mol. The molecule has 0 saturated carbocycles. The van der Waals surface area contributed by atoms with Gasteiger partial charge in [0.25, 0.3) is 0 Å². The SMILES string of the molecule is COc1ccc(C(Cc2c(Cl)c[n+]([O-])cc2Cl)OC(=O)c2cccc(CN(C(=O)O[C@H]3CN4CCC3CC4)c3cccc(C(C)(C)C)c3)c2)cc1OC. The maximum absolute atomic E-state index is 14.1. The molecule has 1 unspecified atom stereocenters. The molecule has 3 aliphatic heterocycles. The smallest absolute Gasteiger partial charge is 0.414 e. The first-order valence-corrected chi connectivity index (χ1v) is 18.5. The summed E-state index contributed by atoms with van der Waals surface area (Å²) in [6.07, 6.45) is 3.04. The number of halogens is 2. The summed E-state index contributed by atoms with van der Waals surface area (Å²) in [5.41, 5.74) is 3.68. The lowest BCUT2D eigenvalue weighted by Gasteiger charge is -2.44. The van der Waals surface area contributed by atoms with Crippen molar-refractivity contribution in [1.29, 1.82) is 0 Å². The molecule has 2 bridgehead atoms. The largest absolute Gasteiger partial charge is 0.619 e. The predicted molar refractivity (Wildman–Crippen MR) is 204 cm³/mol. The van der Waals surface area contributed by atoms with Gasteiger partial charge >= 0.3 is 12.1 Å². The normalized spacial score (nSPS) is 18.6. The Labute approximate surface area is 320 Å². The lowest BCUT2D eigenvalue weighted by Crippen LogP contribution is -2.53. The number of rotatable bonds is 11. The molecule has 3 saturated heterocycles. The fourth-order valence-corrected chi connectivity index (χ4v) is 7.61. The molecule has 3 aromatic carbocycles. The lowest BCUT2D eigenvalue weighted by molar-refractivity contribution is -0.605. The Hall–Kier alpha value is -4.51. The van der Waals surface area contributed by atoms with Gasteiger partial charge in [-0.1, -0.05) is 74.3 Å². The number of esters is 1. The summed E-state index contributed by atoms with van der Waals surface area (Å²) in [4.78, 5) is 32.0. The molecule has 7 rings (SSSR count). The summed E-state index contributed by atoms with van der Waals surface area (Å²) in [6.45, 7) is 9.38. The Balaban J connectivity index is 1.29. The van der Waals surface area contributed by atoms with E-state index in [1.807, 2.05) is 24.3 Å². The number of amides is 1. The average Bonchev–Trinajstić information content (AvgIpc) is 3.14. The number of carbonyl (C=O) groups excluding carboxylic acids is 2. The molecular formula is C41H45Cl2N3O7. The van der Waals surface area contributed by atoms with E-state index in [1.54, 1.807) is 41.3 Å². The van der Waals surface area contributed by atoms with Crippen molar-refractivity contribution < 1.29 is 33.3 Å². The Morgan fingerprint density at radius 1 is 0.943 bits per heavy atom. The molecule has 0 spiro atoms. The number of benzene rings is 3. The number of piperidine rings is 3. The molecule has 2 atom stereocenters.